The van der Waals surface area contributed by atoms with E-state index in [1.54, 1.807) is 18.2 Å². The van der Waals surface area contributed by atoms with Gasteiger partial charge in [0.25, 0.3) is 11.8 Å². The lowest BCUT2D eigenvalue weighted by Crippen LogP contribution is -2.18. The van der Waals surface area contributed by atoms with E-state index in [1.807, 2.05) is 19.9 Å². The number of nitrogens with two attached hydrogens (primary N) is 1. The Kier molecular flexibility index (Phi) is 6.58. The third-order valence-electron chi connectivity index (χ3n) is 3.90. The lowest BCUT2D eigenvalue weighted by atomic mass is 10.1. The molecule has 1 heterocycles. The summed E-state index contributed by atoms with van der Waals surface area (Å²) in [4.78, 5) is 25.3. The summed E-state index contributed by atoms with van der Waals surface area (Å²) in [5.41, 5.74) is 7.29. The van der Waals surface area contributed by atoms with Crippen LogP contribution < -0.4 is 15.8 Å². The predicted octanol–water partition coefficient (Wildman–Crippen LogP) is 4.15. The van der Waals surface area contributed by atoms with Crippen LogP contribution in [0.25, 0.3) is 0 Å². The number of carbonyl (C=O) groups excluding carboxylic acids is 2. The second-order valence-electron chi connectivity index (χ2n) is 5.74. The SMILES string of the molecule is CCCCOc1cccc(C(=O)Nc2sc(C)c(CC)c2C(N)=O)c1. The van der Waals surface area contributed by atoms with Gasteiger partial charge in [-0.3, -0.25) is 9.59 Å². The third-order valence-corrected chi connectivity index (χ3v) is 4.96. The Labute approximate surface area is 152 Å². The van der Waals surface area contributed by atoms with Gasteiger partial charge in [0.2, 0.25) is 0 Å². The van der Waals surface area contributed by atoms with Gasteiger partial charge >= 0.3 is 0 Å². The average molecular weight is 360 g/mol. The summed E-state index contributed by atoms with van der Waals surface area (Å²) in [5, 5.41) is 3.33. The molecule has 2 rings (SSSR count). The maximum absolute atomic E-state index is 12.6. The highest BCUT2D eigenvalue weighted by Gasteiger charge is 2.21. The molecule has 5 nitrogen and oxygen atoms in total. The Morgan fingerprint density at radius 3 is 2.68 bits per heavy atom. The smallest absolute Gasteiger partial charge is 0.256 e. The minimum atomic E-state index is -0.520. The van der Waals surface area contributed by atoms with E-state index in [9.17, 15) is 9.59 Å². The molecule has 0 aliphatic rings. The number of thiophene rings is 1. The van der Waals surface area contributed by atoms with Crippen LogP contribution >= 0.6 is 11.3 Å². The van der Waals surface area contributed by atoms with Gasteiger partial charge in [0, 0.05) is 10.4 Å². The van der Waals surface area contributed by atoms with Gasteiger partial charge in [-0.15, -0.1) is 11.3 Å². The van der Waals surface area contributed by atoms with E-state index in [2.05, 4.69) is 12.2 Å². The number of ether oxygens (including phenoxy) is 1. The molecular formula is C19H24N2O3S. The van der Waals surface area contributed by atoms with Crippen LogP contribution in [0.15, 0.2) is 24.3 Å². The van der Waals surface area contributed by atoms with Gasteiger partial charge < -0.3 is 15.8 Å². The fraction of sp³-hybridized carbons (Fsp3) is 0.368. The van der Waals surface area contributed by atoms with Crippen molar-refractivity contribution >= 4 is 28.2 Å². The normalized spacial score (nSPS) is 10.5. The van der Waals surface area contributed by atoms with Crippen LogP contribution in [0.5, 0.6) is 5.75 Å². The zero-order valence-electron chi connectivity index (χ0n) is 14.8. The number of benzene rings is 1. The number of hydrogen-bond acceptors (Lipinski definition) is 4. The number of carbonyl (C=O) groups is 2. The summed E-state index contributed by atoms with van der Waals surface area (Å²) in [6.07, 6.45) is 2.71. The highest BCUT2D eigenvalue weighted by atomic mass is 32.1. The highest BCUT2D eigenvalue weighted by Crippen LogP contribution is 2.33. The van der Waals surface area contributed by atoms with Gasteiger partial charge in [-0.1, -0.05) is 26.3 Å². The van der Waals surface area contributed by atoms with Crippen LogP contribution in [0, 0.1) is 6.92 Å². The molecule has 25 heavy (non-hydrogen) atoms. The molecule has 0 bridgehead atoms. The van der Waals surface area contributed by atoms with E-state index in [0.717, 1.165) is 23.3 Å². The van der Waals surface area contributed by atoms with Crippen molar-refractivity contribution in [3.05, 3.63) is 45.8 Å². The Bertz CT molecular complexity index is 768. The monoisotopic (exact) mass is 360 g/mol. The van der Waals surface area contributed by atoms with Gasteiger partial charge in [-0.25, -0.2) is 0 Å². The number of hydrogen-bond donors (Lipinski definition) is 2. The first-order chi connectivity index (χ1) is 12.0. The predicted molar refractivity (Wildman–Crippen MR) is 102 cm³/mol. The van der Waals surface area contributed by atoms with Crippen molar-refractivity contribution in [2.45, 2.75) is 40.0 Å². The van der Waals surface area contributed by atoms with E-state index in [1.165, 1.54) is 11.3 Å². The molecule has 1 aromatic carbocycles. The fourth-order valence-corrected chi connectivity index (χ4v) is 3.74. The number of aryl methyl sites for hydroxylation is 1. The fourth-order valence-electron chi connectivity index (χ4n) is 2.59. The largest absolute Gasteiger partial charge is 0.494 e. The lowest BCUT2D eigenvalue weighted by molar-refractivity contribution is 0.100. The van der Waals surface area contributed by atoms with E-state index in [-0.39, 0.29) is 5.91 Å². The molecule has 0 saturated carbocycles. The number of amides is 2. The van der Waals surface area contributed by atoms with Crippen LogP contribution in [0.2, 0.25) is 0 Å². The van der Waals surface area contributed by atoms with Crippen molar-refractivity contribution in [1.29, 1.82) is 0 Å². The van der Waals surface area contributed by atoms with Crippen molar-refractivity contribution in [3.63, 3.8) is 0 Å². The van der Waals surface area contributed by atoms with Crippen LogP contribution in [-0.4, -0.2) is 18.4 Å². The van der Waals surface area contributed by atoms with E-state index >= 15 is 0 Å². The van der Waals surface area contributed by atoms with E-state index in [4.69, 9.17) is 10.5 Å². The molecule has 0 spiro atoms. The van der Waals surface area contributed by atoms with Crippen molar-refractivity contribution < 1.29 is 14.3 Å². The number of primary amides is 1. The molecule has 0 radical (unpaired) electrons. The molecule has 0 aliphatic heterocycles. The Balaban J connectivity index is 2.20. The second kappa shape index (κ2) is 8.67. The molecule has 0 fully saturated rings. The highest BCUT2D eigenvalue weighted by molar-refractivity contribution is 7.16. The first kappa shape index (κ1) is 19.0. The minimum absolute atomic E-state index is 0.285. The summed E-state index contributed by atoms with van der Waals surface area (Å²) in [7, 11) is 0. The van der Waals surface area contributed by atoms with Gasteiger partial charge in [-0.05, 0) is 43.5 Å². The summed E-state index contributed by atoms with van der Waals surface area (Å²) in [6, 6.07) is 7.03. The molecule has 1 aromatic heterocycles. The molecule has 2 amide bonds. The Hall–Kier alpha value is -2.34. The molecule has 6 heteroatoms. The van der Waals surface area contributed by atoms with Crippen LogP contribution in [0.3, 0.4) is 0 Å². The number of nitrogens with one attached hydrogen (secondary N) is 1. The maximum Gasteiger partial charge on any atom is 0.256 e. The van der Waals surface area contributed by atoms with Crippen molar-refractivity contribution in [2.24, 2.45) is 5.73 Å². The molecule has 0 atom stereocenters. The molecule has 134 valence electrons. The topological polar surface area (TPSA) is 81.4 Å². The minimum Gasteiger partial charge on any atom is -0.494 e. The molecule has 2 aromatic rings. The van der Waals surface area contributed by atoms with E-state index < -0.39 is 5.91 Å². The van der Waals surface area contributed by atoms with E-state index in [0.29, 0.717) is 34.9 Å². The molecule has 3 N–H and O–H groups in total. The first-order valence-electron chi connectivity index (χ1n) is 8.44. The molecular weight excluding hydrogens is 336 g/mol. The van der Waals surface area contributed by atoms with Gasteiger partial charge in [0.1, 0.15) is 10.8 Å². The number of unbranched alkanes of at least 4 members (excludes halogenated alkanes) is 1. The average Bonchev–Trinajstić information content (AvgIpc) is 2.90. The number of anilines is 1. The summed E-state index contributed by atoms with van der Waals surface area (Å²) < 4.78 is 5.64. The van der Waals surface area contributed by atoms with Crippen LogP contribution in [0.1, 0.15) is 57.8 Å². The van der Waals surface area contributed by atoms with Gasteiger partial charge in [0.15, 0.2) is 0 Å². The second-order valence-corrected chi connectivity index (χ2v) is 6.97. The maximum atomic E-state index is 12.6. The molecule has 0 unspecified atom stereocenters. The van der Waals surface area contributed by atoms with Crippen molar-refractivity contribution in [2.75, 3.05) is 11.9 Å². The van der Waals surface area contributed by atoms with Crippen LogP contribution in [0.4, 0.5) is 5.00 Å². The molecule has 0 saturated heterocycles. The first-order valence-corrected chi connectivity index (χ1v) is 9.25. The lowest BCUT2D eigenvalue weighted by Gasteiger charge is -2.08. The van der Waals surface area contributed by atoms with Gasteiger partial charge in [-0.2, -0.15) is 0 Å². The Morgan fingerprint density at radius 2 is 2.04 bits per heavy atom. The van der Waals surface area contributed by atoms with Crippen LogP contribution in [-0.2, 0) is 6.42 Å². The third kappa shape index (κ3) is 4.60. The number of rotatable bonds is 8. The summed E-state index contributed by atoms with van der Waals surface area (Å²) in [5.74, 6) is -0.145. The summed E-state index contributed by atoms with van der Waals surface area (Å²) in [6.45, 7) is 6.60. The standard InChI is InChI=1S/C19H24N2O3S/c1-4-6-10-24-14-9-7-8-13(11-14)18(23)21-19-16(17(20)22)15(5-2)12(3)25-19/h7-9,11H,4-6,10H2,1-3H3,(H2,20,22)(H,21,23). The zero-order chi connectivity index (χ0) is 18.4. The van der Waals surface area contributed by atoms with Crippen molar-refractivity contribution in [3.8, 4) is 5.75 Å². The zero-order valence-corrected chi connectivity index (χ0v) is 15.7. The Morgan fingerprint density at radius 1 is 1.28 bits per heavy atom. The van der Waals surface area contributed by atoms with Gasteiger partial charge in [0.05, 0.1) is 12.2 Å². The van der Waals surface area contributed by atoms with Crippen molar-refractivity contribution in [1.82, 2.24) is 0 Å². The summed E-state index contributed by atoms with van der Waals surface area (Å²) >= 11 is 1.37. The quantitative estimate of drug-likeness (QED) is 0.694. The molecule has 0 aliphatic carbocycles.